The summed E-state index contributed by atoms with van der Waals surface area (Å²) in [6.07, 6.45) is 0. The summed E-state index contributed by atoms with van der Waals surface area (Å²) >= 11 is 0. The Hall–Kier alpha value is -2.84. The van der Waals surface area contributed by atoms with Crippen molar-refractivity contribution in [3.63, 3.8) is 0 Å². The van der Waals surface area contributed by atoms with Gasteiger partial charge in [0.1, 0.15) is 11.5 Å². The van der Waals surface area contributed by atoms with Crippen LogP contribution in [0, 0.1) is 0 Å². The smallest absolute Gasteiger partial charge is 0.340 e. The van der Waals surface area contributed by atoms with Crippen LogP contribution in [0.15, 0.2) is 12.1 Å². The monoisotopic (exact) mass is 293 g/mol. The molecule has 1 aromatic carbocycles. The summed E-state index contributed by atoms with van der Waals surface area (Å²) in [5, 5.41) is 11.3. The van der Waals surface area contributed by atoms with E-state index in [4.69, 9.17) is 19.9 Å². The van der Waals surface area contributed by atoms with Crippen LogP contribution in [-0.4, -0.2) is 40.4 Å². The molecule has 21 heavy (non-hydrogen) atoms. The molecule has 0 amide bonds. The Kier molecular flexibility index (Phi) is 4.21. The van der Waals surface area contributed by atoms with E-state index < -0.39 is 5.97 Å². The van der Waals surface area contributed by atoms with Crippen molar-refractivity contribution in [1.82, 2.24) is 20.2 Å². The SMILES string of the molecule is COc1cc(OC)c(N)c(C(=O)OCc2nnn(C)n2)c1. The van der Waals surface area contributed by atoms with Crippen LogP contribution in [0.3, 0.4) is 0 Å². The molecule has 1 aromatic heterocycles. The molecule has 112 valence electrons. The maximum absolute atomic E-state index is 12.1. The van der Waals surface area contributed by atoms with E-state index in [2.05, 4.69) is 15.4 Å². The number of nitrogen functional groups attached to an aromatic ring is 1. The number of hydrogen-bond donors (Lipinski definition) is 1. The second-order valence-electron chi connectivity index (χ2n) is 4.06. The van der Waals surface area contributed by atoms with Crippen molar-refractivity contribution in [2.24, 2.45) is 7.05 Å². The van der Waals surface area contributed by atoms with Gasteiger partial charge in [0.05, 0.1) is 32.5 Å². The number of aryl methyl sites for hydroxylation is 1. The summed E-state index contributed by atoms with van der Waals surface area (Å²) in [4.78, 5) is 13.4. The second kappa shape index (κ2) is 6.07. The van der Waals surface area contributed by atoms with E-state index in [-0.39, 0.29) is 17.9 Å². The number of rotatable bonds is 5. The van der Waals surface area contributed by atoms with Crippen molar-refractivity contribution >= 4 is 11.7 Å². The largest absolute Gasteiger partial charge is 0.497 e. The van der Waals surface area contributed by atoms with Gasteiger partial charge >= 0.3 is 5.97 Å². The van der Waals surface area contributed by atoms with Crippen LogP contribution in [0.5, 0.6) is 11.5 Å². The van der Waals surface area contributed by atoms with Gasteiger partial charge in [-0.05, 0) is 11.3 Å². The molecular formula is C12H15N5O4. The highest BCUT2D eigenvalue weighted by Gasteiger charge is 2.18. The fourth-order valence-electron chi connectivity index (χ4n) is 1.65. The lowest BCUT2D eigenvalue weighted by Crippen LogP contribution is -2.10. The van der Waals surface area contributed by atoms with Crippen molar-refractivity contribution in [1.29, 1.82) is 0 Å². The fourth-order valence-corrected chi connectivity index (χ4v) is 1.65. The van der Waals surface area contributed by atoms with Gasteiger partial charge in [0.15, 0.2) is 6.61 Å². The molecule has 0 aliphatic heterocycles. The highest BCUT2D eigenvalue weighted by Crippen LogP contribution is 2.31. The molecule has 9 heteroatoms. The molecule has 0 bridgehead atoms. The third kappa shape index (κ3) is 3.19. The summed E-state index contributed by atoms with van der Waals surface area (Å²) in [5.74, 6) is 0.431. The standard InChI is InChI=1S/C12H15N5O4/c1-17-15-10(14-16-17)6-21-12(18)8-4-7(19-2)5-9(20-3)11(8)13/h4-5H,6,13H2,1-3H3. The summed E-state index contributed by atoms with van der Waals surface area (Å²) in [7, 11) is 4.54. The van der Waals surface area contributed by atoms with Gasteiger partial charge in [0.2, 0.25) is 5.82 Å². The average molecular weight is 293 g/mol. The molecule has 0 aliphatic rings. The van der Waals surface area contributed by atoms with E-state index in [1.807, 2.05) is 0 Å². The van der Waals surface area contributed by atoms with Gasteiger partial charge < -0.3 is 19.9 Å². The van der Waals surface area contributed by atoms with Crippen LogP contribution in [0.1, 0.15) is 16.2 Å². The zero-order valence-electron chi connectivity index (χ0n) is 11.9. The number of aromatic nitrogens is 4. The number of tetrazole rings is 1. The zero-order chi connectivity index (χ0) is 15.4. The Labute approximate surface area is 120 Å². The first-order valence-corrected chi connectivity index (χ1v) is 5.96. The molecule has 2 aromatic rings. The Bertz CT molecular complexity index is 655. The Morgan fingerprint density at radius 2 is 2.10 bits per heavy atom. The summed E-state index contributed by atoms with van der Waals surface area (Å²) in [6.45, 7) is -0.106. The Balaban J connectivity index is 2.18. The lowest BCUT2D eigenvalue weighted by Gasteiger charge is -2.11. The number of carbonyl (C=O) groups excluding carboxylic acids is 1. The highest BCUT2D eigenvalue weighted by atomic mass is 16.5. The van der Waals surface area contributed by atoms with E-state index in [0.29, 0.717) is 17.3 Å². The summed E-state index contributed by atoms with van der Waals surface area (Å²) in [6, 6.07) is 3.06. The van der Waals surface area contributed by atoms with Gasteiger partial charge in [0, 0.05) is 6.07 Å². The van der Waals surface area contributed by atoms with Gasteiger partial charge in [-0.3, -0.25) is 0 Å². The summed E-state index contributed by atoms with van der Waals surface area (Å²) in [5.41, 5.74) is 6.19. The Morgan fingerprint density at radius 3 is 2.67 bits per heavy atom. The molecule has 0 saturated carbocycles. The number of nitrogens with zero attached hydrogens (tertiary/aromatic N) is 4. The van der Waals surface area contributed by atoms with Crippen LogP contribution in [-0.2, 0) is 18.4 Å². The molecule has 0 aliphatic carbocycles. The molecular weight excluding hydrogens is 278 g/mol. The topological polar surface area (TPSA) is 114 Å². The lowest BCUT2D eigenvalue weighted by molar-refractivity contribution is 0.0462. The quantitative estimate of drug-likeness (QED) is 0.612. The molecule has 0 radical (unpaired) electrons. The molecule has 0 atom stereocenters. The van der Waals surface area contributed by atoms with E-state index >= 15 is 0 Å². The molecule has 0 unspecified atom stereocenters. The van der Waals surface area contributed by atoms with E-state index in [1.54, 1.807) is 13.1 Å². The van der Waals surface area contributed by atoms with Gasteiger partial charge in [-0.15, -0.1) is 10.2 Å². The second-order valence-corrected chi connectivity index (χ2v) is 4.06. The minimum atomic E-state index is -0.628. The first-order valence-electron chi connectivity index (χ1n) is 5.96. The number of esters is 1. The predicted octanol–water partition coefficient (Wildman–Crippen LogP) is 0.166. The van der Waals surface area contributed by atoms with Crippen LogP contribution >= 0.6 is 0 Å². The van der Waals surface area contributed by atoms with E-state index in [1.165, 1.54) is 25.1 Å². The maximum Gasteiger partial charge on any atom is 0.340 e. The van der Waals surface area contributed by atoms with Gasteiger partial charge in [-0.2, -0.15) is 4.80 Å². The number of methoxy groups -OCH3 is 2. The van der Waals surface area contributed by atoms with Crippen molar-refractivity contribution in [3.05, 3.63) is 23.5 Å². The first kappa shape index (κ1) is 14.6. The van der Waals surface area contributed by atoms with Crippen molar-refractivity contribution < 1.29 is 19.0 Å². The van der Waals surface area contributed by atoms with E-state index in [9.17, 15) is 4.79 Å². The average Bonchev–Trinajstić information content (AvgIpc) is 2.90. The maximum atomic E-state index is 12.1. The number of anilines is 1. The molecule has 2 N–H and O–H groups in total. The molecule has 1 heterocycles. The molecule has 0 fully saturated rings. The van der Waals surface area contributed by atoms with Gasteiger partial charge in [-0.1, -0.05) is 0 Å². The van der Waals surface area contributed by atoms with E-state index in [0.717, 1.165) is 0 Å². The molecule has 2 rings (SSSR count). The summed E-state index contributed by atoms with van der Waals surface area (Å²) < 4.78 is 15.3. The lowest BCUT2D eigenvalue weighted by atomic mass is 10.1. The first-order chi connectivity index (χ1) is 10.0. The molecule has 9 nitrogen and oxygen atoms in total. The van der Waals surface area contributed by atoms with Crippen LogP contribution in [0.2, 0.25) is 0 Å². The zero-order valence-corrected chi connectivity index (χ0v) is 11.9. The van der Waals surface area contributed by atoms with Crippen LogP contribution < -0.4 is 15.2 Å². The Morgan fingerprint density at radius 1 is 1.33 bits per heavy atom. The molecule has 0 saturated heterocycles. The van der Waals surface area contributed by atoms with Crippen molar-refractivity contribution in [3.8, 4) is 11.5 Å². The normalized spacial score (nSPS) is 10.2. The minimum absolute atomic E-state index is 0.106. The van der Waals surface area contributed by atoms with Crippen LogP contribution in [0.25, 0.3) is 0 Å². The molecule has 0 spiro atoms. The number of ether oxygens (including phenoxy) is 3. The van der Waals surface area contributed by atoms with Crippen LogP contribution in [0.4, 0.5) is 5.69 Å². The predicted molar refractivity (Wildman–Crippen MR) is 71.9 cm³/mol. The highest BCUT2D eigenvalue weighted by molar-refractivity contribution is 5.97. The number of benzene rings is 1. The third-order valence-electron chi connectivity index (χ3n) is 2.67. The minimum Gasteiger partial charge on any atom is -0.497 e. The number of nitrogens with two attached hydrogens (primary N) is 1. The third-order valence-corrected chi connectivity index (χ3v) is 2.67. The van der Waals surface area contributed by atoms with Crippen molar-refractivity contribution in [2.75, 3.05) is 20.0 Å². The van der Waals surface area contributed by atoms with Gasteiger partial charge in [-0.25, -0.2) is 4.79 Å². The van der Waals surface area contributed by atoms with Crippen molar-refractivity contribution in [2.45, 2.75) is 6.61 Å². The number of hydrogen-bond acceptors (Lipinski definition) is 8. The fraction of sp³-hybridized carbons (Fsp3) is 0.333. The van der Waals surface area contributed by atoms with Gasteiger partial charge in [0.25, 0.3) is 0 Å². The number of carbonyl (C=O) groups is 1.